The highest BCUT2D eigenvalue weighted by Gasteiger charge is 2.35. The largest absolute Gasteiger partial charge is 0.467 e. The van der Waals surface area contributed by atoms with E-state index in [2.05, 4.69) is 15.6 Å². The van der Waals surface area contributed by atoms with Crippen LogP contribution < -0.4 is 10.2 Å². The fourth-order valence-electron chi connectivity index (χ4n) is 3.60. The van der Waals surface area contributed by atoms with Crippen LogP contribution in [0.2, 0.25) is 0 Å². The Morgan fingerprint density at radius 2 is 2.03 bits per heavy atom. The number of aromatic nitrogens is 3. The average molecular weight is 465 g/mol. The second-order valence-electron chi connectivity index (χ2n) is 7.63. The molecule has 0 saturated heterocycles. The molecule has 0 saturated carbocycles. The van der Waals surface area contributed by atoms with Gasteiger partial charge in [-0.2, -0.15) is 0 Å². The summed E-state index contributed by atoms with van der Waals surface area (Å²) in [7, 11) is 1.52. The SMILES string of the molecule is COCCNC(=O)[C@@H](c1ccco1)N(C(=O)Cn1nnc2ccccc21)c1ccc(C)c(F)c1. The van der Waals surface area contributed by atoms with Crippen molar-refractivity contribution in [2.75, 3.05) is 25.2 Å². The van der Waals surface area contributed by atoms with Crippen LogP contribution in [0.15, 0.2) is 65.3 Å². The lowest BCUT2D eigenvalue weighted by Gasteiger charge is -2.30. The van der Waals surface area contributed by atoms with Crippen LogP contribution in [-0.2, 0) is 20.9 Å². The van der Waals surface area contributed by atoms with Crippen molar-refractivity contribution < 1.29 is 23.1 Å². The van der Waals surface area contributed by atoms with Crippen molar-refractivity contribution in [3.8, 4) is 0 Å². The van der Waals surface area contributed by atoms with E-state index in [4.69, 9.17) is 9.15 Å². The summed E-state index contributed by atoms with van der Waals surface area (Å²) < 4.78 is 26.5. The van der Waals surface area contributed by atoms with Crippen LogP contribution in [0.25, 0.3) is 11.0 Å². The molecule has 2 aromatic heterocycles. The Bertz CT molecular complexity index is 1290. The first-order valence-electron chi connectivity index (χ1n) is 10.7. The van der Waals surface area contributed by atoms with Gasteiger partial charge in [0.25, 0.3) is 5.91 Å². The molecule has 0 bridgehead atoms. The normalized spacial score (nSPS) is 12.0. The molecule has 0 spiro atoms. The predicted molar refractivity (Wildman–Crippen MR) is 122 cm³/mol. The molecule has 2 aromatic carbocycles. The lowest BCUT2D eigenvalue weighted by Crippen LogP contribution is -2.45. The zero-order valence-corrected chi connectivity index (χ0v) is 18.8. The van der Waals surface area contributed by atoms with E-state index in [1.165, 1.54) is 29.0 Å². The number of ether oxygens (including phenoxy) is 1. The van der Waals surface area contributed by atoms with Crippen LogP contribution in [-0.4, -0.2) is 47.1 Å². The van der Waals surface area contributed by atoms with Crippen molar-refractivity contribution in [1.29, 1.82) is 0 Å². The number of hydrogen-bond donors (Lipinski definition) is 1. The molecule has 0 aliphatic heterocycles. The predicted octanol–water partition coefficient (Wildman–Crippen LogP) is 3.01. The van der Waals surface area contributed by atoms with E-state index < -0.39 is 23.7 Å². The molecule has 34 heavy (non-hydrogen) atoms. The van der Waals surface area contributed by atoms with Crippen LogP contribution in [0.1, 0.15) is 17.4 Å². The number of rotatable bonds is 9. The van der Waals surface area contributed by atoms with Crippen molar-refractivity contribution in [2.24, 2.45) is 0 Å². The van der Waals surface area contributed by atoms with E-state index in [1.807, 2.05) is 12.1 Å². The third kappa shape index (κ3) is 4.81. The van der Waals surface area contributed by atoms with Crippen molar-refractivity contribution in [3.63, 3.8) is 0 Å². The van der Waals surface area contributed by atoms with E-state index in [0.717, 1.165) is 0 Å². The minimum absolute atomic E-state index is 0.209. The van der Waals surface area contributed by atoms with Gasteiger partial charge in [-0.3, -0.25) is 14.5 Å². The highest BCUT2D eigenvalue weighted by atomic mass is 19.1. The molecule has 0 radical (unpaired) electrons. The Morgan fingerprint density at radius 3 is 2.76 bits per heavy atom. The number of para-hydroxylation sites is 1. The maximum absolute atomic E-state index is 14.5. The molecule has 9 nitrogen and oxygen atoms in total. The summed E-state index contributed by atoms with van der Waals surface area (Å²) in [5.74, 6) is -1.26. The molecule has 0 fully saturated rings. The number of furan rings is 1. The number of methoxy groups -OCH3 is 1. The van der Waals surface area contributed by atoms with Crippen molar-refractivity contribution >= 4 is 28.5 Å². The van der Waals surface area contributed by atoms with Crippen LogP contribution in [0.3, 0.4) is 0 Å². The highest BCUT2D eigenvalue weighted by Crippen LogP contribution is 2.30. The Labute approximate surface area is 195 Å². The maximum atomic E-state index is 14.5. The van der Waals surface area contributed by atoms with E-state index in [1.54, 1.807) is 43.3 Å². The summed E-state index contributed by atoms with van der Waals surface area (Å²) in [6.45, 7) is 1.91. The van der Waals surface area contributed by atoms with Crippen molar-refractivity contribution in [1.82, 2.24) is 20.3 Å². The van der Waals surface area contributed by atoms with Gasteiger partial charge >= 0.3 is 0 Å². The monoisotopic (exact) mass is 465 g/mol. The fraction of sp³-hybridized carbons (Fsp3) is 0.250. The number of nitrogens with one attached hydrogen (secondary N) is 1. The van der Waals surface area contributed by atoms with Gasteiger partial charge in [-0.1, -0.05) is 23.4 Å². The number of aryl methyl sites for hydroxylation is 1. The smallest absolute Gasteiger partial charge is 0.251 e. The zero-order valence-electron chi connectivity index (χ0n) is 18.8. The number of nitrogens with zero attached hydrogens (tertiary/aromatic N) is 4. The Kier molecular flexibility index (Phi) is 6.98. The van der Waals surface area contributed by atoms with Gasteiger partial charge in [0.2, 0.25) is 5.91 Å². The molecule has 2 amide bonds. The summed E-state index contributed by atoms with van der Waals surface area (Å²) >= 11 is 0. The molecule has 0 aliphatic carbocycles. The summed E-state index contributed by atoms with van der Waals surface area (Å²) in [5, 5.41) is 10.9. The van der Waals surface area contributed by atoms with E-state index in [9.17, 15) is 14.0 Å². The lowest BCUT2D eigenvalue weighted by atomic mass is 10.1. The van der Waals surface area contributed by atoms with E-state index in [-0.39, 0.29) is 31.1 Å². The number of benzene rings is 2. The molecular formula is C24H24FN5O4. The average Bonchev–Trinajstić information content (AvgIpc) is 3.50. The van der Waals surface area contributed by atoms with Crippen LogP contribution in [0.4, 0.5) is 10.1 Å². The Balaban J connectivity index is 1.76. The fourth-order valence-corrected chi connectivity index (χ4v) is 3.60. The number of anilines is 1. The number of carbonyl (C=O) groups is 2. The van der Waals surface area contributed by atoms with Crippen LogP contribution in [0.5, 0.6) is 0 Å². The molecule has 1 atom stereocenters. The first kappa shape index (κ1) is 23.1. The van der Waals surface area contributed by atoms with Gasteiger partial charge in [0, 0.05) is 19.3 Å². The molecule has 2 heterocycles. The number of halogens is 1. The van der Waals surface area contributed by atoms with Gasteiger partial charge in [-0.25, -0.2) is 9.07 Å². The van der Waals surface area contributed by atoms with E-state index >= 15 is 0 Å². The molecule has 0 aliphatic rings. The second kappa shape index (κ2) is 10.3. The molecule has 4 aromatic rings. The third-order valence-corrected chi connectivity index (χ3v) is 5.33. The standard InChI is InChI=1S/C24H24FN5O4/c1-16-9-10-17(14-18(16)25)30(22(31)15-29-20-7-4-3-6-19(20)27-28-29)23(21-8-5-12-34-21)24(32)26-11-13-33-2/h3-10,12,14,23H,11,13,15H2,1-2H3,(H,26,32)/t23-/m1/s1. The van der Waals surface area contributed by atoms with Gasteiger partial charge in [0.15, 0.2) is 6.04 Å². The van der Waals surface area contributed by atoms with Crippen LogP contribution in [0, 0.1) is 12.7 Å². The molecule has 4 rings (SSSR count). The minimum Gasteiger partial charge on any atom is -0.467 e. The lowest BCUT2D eigenvalue weighted by molar-refractivity contribution is -0.127. The summed E-state index contributed by atoms with van der Waals surface area (Å²) in [6, 6.07) is 13.6. The van der Waals surface area contributed by atoms with Crippen LogP contribution >= 0.6 is 0 Å². The van der Waals surface area contributed by atoms with Gasteiger partial charge in [0.1, 0.15) is 23.6 Å². The summed E-state index contributed by atoms with van der Waals surface area (Å²) in [4.78, 5) is 28.2. The maximum Gasteiger partial charge on any atom is 0.251 e. The van der Waals surface area contributed by atoms with Gasteiger partial charge in [-0.05, 0) is 48.9 Å². The first-order chi connectivity index (χ1) is 16.5. The van der Waals surface area contributed by atoms with Gasteiger partial charge in [0.05, 0.1) is 18.4 Å². The summed E-state index contributed by atoms with van der Waals surface area (Å²) in [6.07, 6.45) is 1.41. The second-order valence-corrected chi connectivity index (χ2v) is 7.63. The number of amides is 2. The number of fused-ring (bicyclic) bond motifs is 1. The first-order valence-corrected chi connectivity index (χ1v) is 10.7. The topological polar surface area (TPSA) is 102 Å². The molecule has 1 N–H and O–H groups in total. The molecule has 176 valence electrons. The highest BCUT2D eigenvalue weighted by molar-refractivity contribution is 6.01. The quantitative estimate of drug-likeness (QED) is 0.381. The Morgan fingerprint density at radius 1 is 1.21 bits per heavy atom. The van der Waals surface area contributed by atoms with Gasteiger partial charge < -0.3 is 14.5 Å². The van der Waals surface area contributed by atoms with Gasteiger partial charge in [-0.15, -0.1) is 5.10 Å². The third-order valence-electron chi connectivity index (χ3n) is 5.33. The molecule has 10 heteroatoms. The number of carbonyl (C=O) groups excluding carboxylic acids is 2. The van der Waals surface area contributed by atoms with E-state index in [0.29, 0.717) is 16.6 Å². The number of hydrogen-bond acceptors (Lipinski definition) is 6. The molecule has 0 unspecified atom stereocenters. The van der Waals surface area contributed by atoms with Crippen molar-refractivity contribution in [3.05, 3.63) is 78.0 Å². The molecular weight excluding hydrogens is 441 g/mol. The van der Waals surface area contributed by atoms with Crippen molar-refractivity contribution in [2.45, 2.75) is 19.5 Å². The summed E-state index contributed by atoms with van der Waals surface area (Å²) in [5.41, 5.74) is 1.91. The minimum atomic E-state index is -1.18. The Hall–Kier alpha value is -4.05. The zero-order chi connectivity index (χ0) is 24.1.